The molecule has 11 aromatic carbocycles. The summed E-state index contributed by atoms with van der Waals surface area (Å²) in [6, 6.07) is 88.4. The first-order valence-corrected chi connectivity index (χ1v) is 21.6. The summed E-state index contributed by atoms with van der Waals surface area (Å²) in [6.07, 6.45) is 2.18. The molecule has 0 amide bonds. The van der Waals surface area contributed by atoms with Gasteiger partial charge >= 0.3 is 0 Å². The molecule has 0 aliphatic heterocycles. The maximum absolute atomic E-state index is 2.48. The molecule has 0 saturated heterocycles. The maximum atomic E-state index is 2.48. The Balaban J connectivity index is 1.18. The Kier molecular flexibility index (Phi) is 8.83. The van der Waals surface area contributed by atoms with Gasteiger partial charge in [0.2, 0.25) is 0 Å². The van der Waals surface area contributed by atoms with Crippen molar-refractivity contribution in [1.29, 1.82) is 0 Å². The van der Waals surface area contributed by atoms with E-state index >= 15 is 0 Å². The Labute approximate surface area is 366 Å². The molecular weight excluding hydrogens is 763 g/mol. The van der Waals surface area contributed by atoms with E-state index in [-0.39, 0.29) is 0 Å². The fourth-order valence-electron chi connectivity index (χ4n) is 9.58. The third-order valence-corrected chi connectivity index (χ3v) is 12.5. The minimum absolute atomic E-state index is 1.06. The Hall–Kier alpha value is -8.40. The van der Waals surface area contributed by atoms with Crippen LogP contribution in [0.4, 0.5) is 34.1 Å². The number of rotatable bonds is 8. The molecule has 3 nitrogen and oxygen atoms in total. The van der Waals surface area contributed by atoms with Crippen LogP contribution in [0.15, 0.2) is 249 Å². The Morgan fingerprint density at radius 1 is 0.270 bits per heavy atom. The van der Waals surface area contributed by atoms with Gasteiger partial charge in [-0.1, -0.05) is 170 Å². The highest BCUT2D eigenvalue weighted by Crippen LogP contribution is 2.48. The molecule has 12 aromatic rings. The fraction of sp³-hybridized carbons (Fsp3) is 0. The molecule has 0 aliphatic rings. The van der Waals surface area contributed by atoms with Crippen LogP contribution in [0, 0.1) is 0 Å². The van der Waals surface area contributed by atoms with E-state index in [1.54, 1.807) is 0 Å². The molecule has 1 heterocycles. The van der Waals surface area contributed by atoms with Crippen LogP contribution in [-0.2, 0) is 0 Å². The van der Waals surface area contributed by atoms with Gasteiger partial charge in [0.1, 0.15) is 0 Å². The van der Waals surface area contributed by atoms with E-state index in [1.165, 1.54) is 54.0 Å². The van der Waals surface area contributed by atoms with Gasteiger partial charge in [-0.05, 0) is 105 Å². The van der Waals surface area contributed by atoms with Crippen LogP contribution in [-0.4, -0.2) is 4.57 Å². The van der Waals surface area contributed by atoms with Crippen molar-refractivity contribution in [1.82, 2.24) is 4.57 Å². The van der Waals surface area contributed by atoms with E-state index in [0.717, 1.165) is 50.9 Å². The Bertz CT molecular complexity index is 3300. The van der Waals surface area contributed by atoms with Crippen LogP contribution >= 0.6 is 0 Å². The first kappa shape index (κ1) is 36.5. The number of para-hydroxylation sites is 1. The van der Waals surface area contributed by atoms with E-state index in [2.05, 4.69) is 263 Å². The normalized spacial score (nSPS) is 11.5. The molecule has 0 aliphatic carbocycles. The lowest BCUT2D eigenvalue weighted by Crippen LogP contribution is -2.14. The molecule has 63 heavy (non-hydrogen) atoms. The monoisotopic (exact) mass is 803 g/mol. The highest BCUT2D eigenvalue weighted by atomic mass is 15.2. The van der Waals surface area contributed by atoms with Crippen molar-refractivity contribution < 1.29 is 0 Å². The lowest BCUT2D eigenvalue weighted by Gasteiger charge is -2.32. The van der Waals surface area contributed by atoms with E-state index in [1.807, 2.05) is 0 Å². The second-order valence-corrected chi connectivity index (χ2v) is 16.2. The number of benzene rings is 11. The molecule has 0 N–H and O–H groups in total. The topological polar surface area (TPSA) is 11.4 Å². The zero-order chi connectivity index (χ0) is 41.7. The van der Waals surface area contributed by atoms with Crippen LogP contribution in [0.25, 0.3) is 70.8 Å². The summed E-state index contributed by atoms with van der Waals surface area (Å²) >= 11 is 0. The molecule has 1 aromatic heterocycles. The van der Waals surface area contributed by atoms with Crippen molar-refractivity contribution >= 4 is 88.1 Å². The Morgan fingerprint density at radius 2 is 0.667 bits per heavy atom. The summed E-state index contributed by atoms with van der Waals surface area (Å²) < 4.78 is 2.27. The number of aromatic nitrogens is 1. The van der Waals surface area contributed by atoms with E-state index in [0.29, 0.717) is 0 Å². The average Bonchev–Trinajstić information content (AvgIpc) is 3.78. The van der Waals surface area contributed by atoms with Gasteiger partial charge in [0, 0.05) is 50.2 Å². The molecule has 0 bridgehead atoms. The van der Waals surface area contributed by atoms with Gasteiger partial charge in [0.15, 0.2) is 0 Å². The zero-order valence-corrected chi connectivity index (χ0v) is 34.5. The second-order valence-electron chi connectivity index (χ2n) is 16.2. The number of fused-ring (bicyclic) bond motifs is 5. The quantitative estimate of drug-likeness (QED) is 0.152. The number of nitrogens with zero attached hydrogens (tertiary/aromatic N) is 3. The first-order valence-electron chi connectivity index (χ1n) is 21.6. The van der Waals surface area contributed by atoms with Gasteiger partial charge < -0.3 is 14.4 Å². The summed E-state index contributed by atoms with van der Waals surface area (Å²) in [5.74, 6) is 0. The standard InChI is InChI=1S/C60H41N3/c1-2-24-49(25-3-1)61-37-36-47-38-46(34-35-56(47)61)48-39-50(62(57-30-12-20-42-16-4-8-26-52(42)57)58-31-13-21-43-17-5-9-27-53(43)58)41-51(40-48)63(59-32-14-22-44-18-6-10-28-54(44)59)60-33-15-23-45-19-7-11-29-55(45)60/h1-41H. The van der Waals surface area contributed by atoms with Gasteiger partial charge in [-0.2, -0.15) is 0 Å². The van der Waals surface area contributed by atoms with Gasteiger partial charge in [-0.3, -0.25) is 0 Å². The molecule has 0 fully saturated rings. The largest absolute Gasteiger partial charge is 0.317 e. The van der Waals surface area contributed by atoms with E-state index in [4.69, 9.17) is 0 Å². The second kappa shape index (κ2) is 15.3. The minimum atomic E-state index is 1.06. The third-order valence-electron chi connectivity index (χ3n) is 12.5. The summed E-state index contributed by atoms with van der Waals surface area (Å²) in [7, 11) is 0. The summed E-state index contributed by atoms with van der Waals surface area (Å²) in [4.78, 5) is 4.96. The summed E-state index contributed by atoms with van der Waals surface area (Å²) in [5, 5.41) is 10.7. The molecule has 0 radical (unpaired) electrons. The van der Waals surface area contributed by atoms with Gasteiger partial charge in [-0.15, -0.1) is 0 Å². The fourth-order valence-corrected chi connectivity index (χ4v) is 9.58. The zero-order valence-electron chi connectivity index (χ0n) is 34.5. The average molecular weight is 804 g/mol. The van der Waals surface area contributed by atoms with Crippen molar-refractivity contribution in [2.24, 2.45) is 0 Å². The van der Waals surface area contributed by atoms with Crippen molar-refractivity contribution in [3.63, 3.8) is 0 Å². The Morgan fingerprint density at radius 3 is 1.11 bits per heavy atom. The third kappa shape index (κ3) is 6.38. The van der Waals surface area contributed by atoms with E-state index in [9.17, 15) is 0 Å². The predicted octanol–water partition coefficient (Wildman–Crippen LogP) is 16.8. The minimum Gasteiger partial charge on any atom is -0.317 e. The number of anilines is 6. The van der Waals surface area contributed by atoms with Gasteiger partial charge in [-0.25, -0.2) is 0 Å². The van der Waals surface area contributed by atoms with Crippen molar-refractivity contribution in [3.05, 3.63) is 249 Å². The molecule has 3 heteroatoms. The predicted molar refractivity (Wildman–Crippen MR) is 268 cm³/mol. The number of hydrogen-bond donors (Lipinski definition) is 0. The van der Waals surface area contributed by atoms with Crippen LogP contribution < -0.4 is 9.80 Å². The lowest BCUT2D eigenvalue weighted by atomic mass is 9.98. The van der Waals surface area contributed by atoms with Gasteiger partial charge in [0.25, 0.3) is 0 Å². The van der Waals surface area contributed by atoms with Crippen LogP contribution in [0.2, 0.25) is 0 Å². The number of hydrogen-bond acceptors (Lipinski definition) is 2. The molecule has 12 rings (SSSR count). The smallest absolute Gasteiger partial charge is 0.0540 e. The first-order chi connectivity index (χ1) is 31.2. The molecule has 296 valence electrons. The highest BCUT2D eigenvalue weighted by Gasteiger charge is 2.24. The van der Waals surface area contributed by atoms with Crippen LogP contribution in [0.5, 0.6) is 0 Å². The van der Waals surface area contributed by atoms with Crippen LogP contribution in [0.1, 0.15) is 0 Å². The van der Waals surface area contributed by atoms with Gasteiger partial charge in [0.05, 0.1) is 28.3 Å². The molecule has 0 atom stereocenters. The van der Waals surface area contributed by atoms with Crippen molar-refractivity contribution in [2.75, 3.05) is 9.80 Å². The molecule has 0 unspecified atom stereocenters. The van der Waals surface area contributed by atoms with Crippen molar-refractivity contribution in [2.45, 2.75) is 0 Å². The van der Waals surface area contributed by atoms with Crippen molar-refractivity contribution in [3.8, 4) is 16.8 Å². The molecular formula is C60H41N3. The SMILES string of the molecule is c1ccc(-n2ccc3cc(-c4cc(N(c5cccc6ccccc56)c5cccc6ccccc56)cc(N(c5cccc6ccccc56)c5cccc6ccccc56)c4)ccc32)cc1. The summed E-state index contributed by atoms with van der Waals surface area (Å²) in [5.41, 5.74) is 11.2. The molecule has 0 saturated carbocycles. The highest BCUT2D eigenvalue weighted by molar-refractivity contribution is 6.08. The summed E-state index contributed by atoms with van der Waals surface area (Å²) in [6.45, 7) is 0. The maximum Gasteiger partial charge on any atom is 0.0540 e. The molecule has 0 spiro atoms. The van der Waals surface area contributed by atoms with E-state index < -0.39 is 0 Å². The lowest BCUT2D eigenvalue weighted by molar-refractivity contribution is 1.13. The van der Waals surface area contributed by atoms with Crippen LogP contribution in [0.3, 0.4) is 0 Å².